The summed E-state index contributed by atoms with van der Waals surface area (Å²) in [7, 11) is 0. The lowest BCUT2D eigenvalue weighted by molar-refractivity contribution is 0.636. The Bertz CT molecular complexity index is 1600. The summed E-state index contributed by atoms with van der Waals surface area (Å²) >= 11 is 0. The first-order valence-electron chi connectivity index (χ1n) is 10.0. The van der Waals surface area contributed by atoms with Crippen molar-refractivity contribution in [2.45, 2.75) is 6.92 Å². The van der Waals surface area contributed by atoms with Crippen LogP contribution in [0.3, 0.4) is 0 Å². The summed E-state index contributed by atoms with van der Waals surface area (Å²) in [5, 5.41) is 7.80. The van der Waals surface area contributed by atoms with Crippen molar-refractivity contribution in [1.82, 2.24) is 35.1 Å². The van der Waals surface area contributed by atoms with Crippen LogP contribution in [0.25, 0.3) is 56.0 Å². The molecule has 0 aliphatic heterocycles. The van der Waals surface area contributed by atoms with Crippen LogP contribution in [0, 0.1) is 12.7 Å². The minimum absolute atomic E-state index is 0.323. The number of nitrogens with one attached hydrogen (secondary N) is 2. The van der Waals surface area contributed by atoms with E-state index >= 15 is 0 Å². The Kier molecular flexibility index (Phi) is 4.04. The van der Waals surface area contributed by atoms with E-state index in [1.54, 1.807) is 24.8 Å². The van der Waals surface area contributed by atoms with Crippen molar-refractivity contribution in [2.75, 3.05) is 0 Å². The van der Waals surface area contributed by atoms with Crippen molar-refractivity contribution >= 4 is 22.1 Å². The van der Waals surface area contributed by atoms with E-state index < -0.39 is 0 Å². The van der Waals surface area contributed by atoms with E-state index in [4.69, 9.17) is 4.98 Å². The molecule has 0 aliphatic rings. The van der Waals surface area contributed by atoms with Crippen molar-refractivity contribution in [2.24, 2.45) is 0 Å². The molecule has 8 heteroatoms. The zero-order valence-corrected chi connectivity index (χ0v) is 17.0. The fourth-order valence-corrected chi connectivity index (χ4v) is 3.93. The Hall–Kier alpha value is -4.46. The number of imidazole rings is 1. The molecule has 6 rings (SSSR count). The van der Waals surface area contributed by atoms with Crippen LogP contribution in [0.1, 0.15) is 5.56 Å². The van der Waals surface area contributed by atoms with Crippen molar-refractivity contribution in [3.63, 3.8) is 0 Å². The minimum Gasteiger partial charge on any atom is -0.321 e. The monoisotopic (exact) mass is 421 g/mol. The first-order valence-corrected chi connectivity index (χ1v) is 10.0. The van der Waals surface area contributed by atoms with E-state index in [1.807, 2.05) is 43.3 Å². The number of aromatic amines is 2. The van der Waals surface area contributed by atoms with Crippen LogP contribution in [0.5, 0.6) is 0 Å². The second kappa shape index (κ2) is 7.05. The van der Waals surface area contributed by atoms with Crippen molar-refractivity contribution < 1.29 is 4.39 Å². The van der Waals surface area contributed by atoms with Gasteiger partial charge in [-0.15, -0.1) is 0 Å². The van der Waals surface area contributed by atoms with Gasteiger partial charge in [0.25, 0.3) is 0 Å². The Morgan fingerprint density at radius 3 is 2.72 bits per heavy atom. The van der Waals surface area contributed by atoms with Crippen molar-refractivity contribution in [3.05, 3.63) is 78.6 Å². The molecule has 2 N–H and O–H groups in total. The minimum atomic E-state index is -0.386. The second-order valence-electron chi connectivity index (χ2n) is 7.50. The molecule has 32 heavy (non-hydrogen) atoms. The molecule has 154 valence electrons. The highest BCUT2D eigenvalue weighted by atomic mass is 19.1. The van der Waals surface area contributed by atoms with E-state index in [9.17, 15) is 4.39 Å². The van der Waals surface area contributed by atoms with Crippen LogP contribution in [0.15, 0.2) is 67.3 Å². The summed E-state index contributed by atoms with van der Waals surface area (Å²) in [6.45, 7) is 1.97. The number of pyridine rings is 3. The summed E-state index contributed by atoms with van der Waals surface area (Å²) < 4.78 is 14.9. The van der Waals surface area contributed by atoms with Crippen LogP contribution in [0.4, 0.5) is 4.39 Å². The van der Waals surface area contributed by atoms with Crippen LogP contribution >= 0.6 is 0 Å². The van der Waals surface area contributed by atoms with Crippen LogP contribution in [-0.2, 0) is 0 Å². The normalized spacial score (nSPS) is 11.4. The molecule has 0 aliphatic carbocycles. The molecule has 7 nitrogen and oxygen atoms in total. The molecule has 0 radical (unpaired) electrons. The maximum absolute atomic E-state index is 14.9. The number of halogens is 1. The third-order valence-corrected chi connectivity index (χ3v) is 5.52. The average Bonchev–Trinajstić information content (AvgIpc) is 3.44. The third kappa shape index (κ3) is 2.84. The van der Waals surface area contributed by atoms with E-state index in [2.05, 4.69) is 30.1 Å². The molecule has 0 bridgehead atoms. The first-order chi connectivity index (χ1) is 15.7. The Morgan fingerprint density at radius 2 is 1.88 bits per heavy atom. The predicted molar refractivity (Wildman–Crippen MR) is 120 cm³/mol. The zero-order valence-electron chi connectivity index (χ0n) is 17.0. The van der Waals surface area contributed by atoms with E-state index in [-0.39, 0.29) is 5.82 Å². The van der Waals surface area contributed by atoms with Gasteiger partial charge in [-0.3, -0.25) is 15.1 Å². The van der Waals surface area contributed by atoms with Gasteiger partial charge in [0.2, 0.25) is 0 Å². The number of aromatic nitrogens is 7. The van der Waals surface area contributed by atoms with Gasteiger partial charge in [-0.1, -0.05) is 6.07 Å². The lowest BCUT2D eigenvalue weighted by atomic mass is 10.0. The van der Waals surface area contributed by atoms with Gasteiger partial charge >= 0.3 is 0 Å². The van der Waals surface area contributed by atoms with Gasteiger partial charge in [0.05, 0.1) is 5.69 Å². The molecule has 0 saturated carbocycles. The van der Waals surface area contributed by atoms with Gasteiger partial charge in [-0.2, -0.15) is 5.10 Å². The molecule has 0 atom stereocenters. The van der Waals surface area contributed by atoms with Crippen molar-refractivity contribution in [1.29, 1.82) is 0 Å². The highest BCUT2D eigenvalue weighted by Crippen LogP contribution is 2.34. The smallest absolute Gasteiger partial charge is 0.160 e. The highest BCUT2D eigenvalue weighted by Gasteiger charge is 2.19. The summed E-state index contributed by atoms with van der Waals surface area (Å²) in [6.07, 6.45) is 6.90. The highest BCUT2D eigenvalue weighted by molar-refractivity contribution is 5.97. The molecule has 1 aromatic carbocycles. The fourth-order valence-electron chi connectivity index (χ4n) is 3.93. The third-order valence-electron chi connectivity index (χ3n) is 5.52. The number of aryl methyl sites for hydroxylation is 1. The van der Waals surface area contributed by atoms with Gasteiger partial charge in [0, 0.05) is 41.3 Å². The lowest BCUT2D eigenvalue weighted by Crippen LogP contribution is -1.88. The molecule has 0 unspecified atom stereocenters. The molecule has 6 aromatic rings. The van der Waals surface area contributed by atoms with Crippen LogP contribution in [0.2, 0.25) is 0 Å². The molecular weight excluding hydrogens is 405 g/mol. The van der Waals surface area contributed by atoms with Crippen LogP contribution in [-0.4, -0.2) is 35.1 Å². The van der Waals surface area contributed by atoms with E-state index in [1.165, 1.54) is 6.07 Å². The summed E-state index contributed by atoms with van der Waals surface area (Å²) in [6, 6.07) is 12.9. The Labute approximate surface area is 181 Å². The molecule has 0 amide bonds. The number of benzene rings is 1. The SMILES string of the molecule is Cc1ccncc1-c1cc(F)c2[nH]nc(-c3nc4c(-c5ccccn5)ccnc4[nH]3)c2c1. The largest absolute Gasteiger partial charge is 0.321 e. The lowest BCUT2D eigenvalue weighted by Gasteiger charge is -2.06. The van der Waals surface area contributed by atoms with Gasteiger partial charge in [-0.25, -0.2) is 14.4 Å². The first kappa shape index (κ1) is 18.3. The zero-order chi connectivity index (χ0) is 21.7. The Balaban J connectivity index is 1.55. The predicted octanol–water partition coefficient (Wildman–Crippen LogP) is 5.07. The number of rotatable bonds is 3. The standard InChI is InChI=1S/C24H16FN7/c1-13-5-8-26-12-17(13)14-10-16-20(18(25)11-14)31-32-22(16)24-29-21-15(6-9-28-23(21)30-24)19-4-2-3-7-27-19/h2-12H,1H3,(H,31,32)(H,28,29,30). The summed E-state index contributed by atoms with van der Waals surface area (Å²) in [5.41, 5.74) is 6.39. The maximum atomic E-state index is 14.9. The number of fused-ring (bicyclic) bond motifs is 2. The summed E-state index contributed by atoms with van der Waals surface area (Å²) in [5.74, 6) is 0.115. The Morgan fingerprint density at radius 1 is 0.938 bits per heavy atom. The number of hydrogen-bond acceptors (Lipinski definition) is 5. The van der Waals surface area contributed by atoms with Gasteiger partial charge in [-0.05, 0) is 54.4 Å². The molecule has 5 aromatic heterocycles. The molecule has 0 saturated heterocycles. The molecular formula is C24H16FN7. The molecule has 5 heterocycles. The average molecular weight is 421 g/mol. The molecule has 0 spiro atoms. The second-order valence-corrected chi connectivity index (χ2v) is 7.50. The quantitative estimate of drug-likeness (QED) is 0.416. The van der Waals surface area contributed by atoms with Crippen LogP contribution < -0.4 is 0 Å². The van der Waals surface area contributed by atoms with Gasteiger partial charge in [0.15, 0.2) is 11.5 Å². The number of hydrogen-bond donors (Lipinski definition) is 2. The summed E-state index contributed by atoms with van der Waals surface area (Å²) in [4.78, 5) is 21.0. The number of H-pyrrole nitrogens is 2. The topological polar surface area (TPSA) is 96.0 Å². The van der Waals surface area contributed by atoms with E-state index in [0.29, 0.717) is 33.6 Å². The molecule has 0 fully saturated rings. The maximum Gasteiger partial charge on any atom is 0.160 e. The van der Waals surface area contributed by atoms with Crippen molar-refractivity contribution in [3.8, 4) is 33.9 Å². The number of nitrogens with zero attached hydrogens (tertiary/aromatic N) is 5. The van der Waals surface area contributed by atoms with Gasteiger partial charge < -0.3 is 4.98 Å². The fraction of sp³-hybridized carbons (Fsp3) is 0.0417. The van der Waals surface area contributed by atoms with E-state index in [0.717, 1.165) is 27.9 Å². The van der Waals surface area contributed by atoms with Gasteiger partial charge in [0.1, 0.15) is 22.5 Å².